The van der Waals surface area contributed by atoms with Crippen LogP contribution in [0, 0.1) is 38.1 Å². The first-order valence-corrected chi connectivity index (χ1v) is 31.3. The first-order valence-electron chi connectivity index (χ1n) is 27.6. The summed E-state index contributed by atoms with van der Waals surface area (Å²) in [5, 5.41) is 0. The molecule has 0 saturated heterocycles. The van der Waals surface area contributed by atoms with Crippen LogP contribution in [-0.2, 0) is 80.4 Å². The van der Waals surface area contributed by atoms with Gasteiger partial charge in [-0.15, -0.1) is 143 Å². The predicted octanol–water partition coefficient (Wildman–Crippen LogP) is 17.3. The van der Waals surface area contributed by atoms with Gasteiger partial charge in [0, 0.05) is 114 Å². The first-order chi connectivity index (χ1) is 43.1. The van der Waals surface area contributed by atoms with E-state index in [1.165, 1.54) is 31.4 Å². The van der Waals surface area contributed by atoms with E-state index in [9.17, 15) is 0 Å². The third kappa shape index (κ3) is 21.0. The minimum atomic E-state index is 0. The van der Waals surface area contributed by atoms with Gasteiger partial charge in [-0.1, -0.05) is 76.5 Å². The van der Waals surface area contributed by atoms with Crippen molar-refractivity contribution in [1.82, 2.24) is 39.9 Å². The molecular weight excluding hydrogens is 1920 g/mol. The van der Waals surface area contributed by atoms with E-state index in [0.717, 1.165) is 107 Å². The largest absolute Gasteiger partial charge is 0.540 e. The van der Waals surface area contributed by atoms with Crippen LogP contribution < -0.4 is 18.9 Å². The molecule has 0 aliphatic heterocycles. The van der Waals surface area contributed by atoms with Gasteiger partial charge in [0.1, 0.15) is 36.8 Å². The van der Waals surface area contributed by atoms with E-state index >= 15 is 0 Å². The van der Waals surface area contributed by atoms with Crippen LogP contribution in [0.25, 0.3) is 90.1 Å². The zero-order valence-corrected chi connectivity index (χ0v) is 63.5. The van der Waals surface area contributed by atoms with Crippen LogP contribution in [0.5, 0.6) is 23.0 Å². The van der Waals surface area contributed by atoms with Crippen molar-refractivity contribution >= 4 is 35.3 Å². The average molecular weight is 1980 g/mol. The second kappa shape index (κ2) is 38.8. The van der Waals surface area contributed by atoms with Gasteiger partial charge in [0.15, 0.2) is 0 Å². The number of hydrogen-bond acceptors (Lipinski definition) is 15. The zero-order valence-electron chi connectivity index (χ0n) is 51.5. The Kier molecular flexibility index (Phi) is 31.9. The van der Waals surface area contributed by atoms with Gasteiger partial charge in [0.2, 0.25) is 0 Å². The maximum absolute atomic E-state index is 5.26. The van der Waals surface area contributed by atoms with Gasteiger partial charge < -0.3 is 18.9 Å². The minimum Gasteiger partial charge on any atom is -0.540 e. The molecule has 8 aromatic carbocycles. The molecule has 0 atom stereocenters. The maximum atomic E-state index is 5.26. The molecule has 476 valence electrons. The first kappa shape index (κ1) is 75.6. The van der Waals surface area contributed by atoms with E-state index in [0.29, 0.717) is 0 Å². The summed E-state index contributed by atoms with van der Waals surface area (Å²) < 4.78 is 20.8. The topological polar surface area (TPSA) is 140 Å². The number of thioether (sulfide) groups is 3. The van der Waals surface area contributed by atoms with Crippen molar-refractivity contribution < 1.29 is 99.4 Å². The molecule has 12 rings (SSSR count). The van der Waals surface area contributed by atoms with E-state index in [-0.39, 0.29) is 80.4 Å². The normalized spacial score (nSPS) is 10.0. The van der Waals surface area contributed by atoms with Gasteiger partial charge in [-0.05, 0) is 121 Å². The van der Waals surface area contributed by atoms with E-state index in [4.69, 9.17) is 18.9 Å². The number of aromatic nitrogens is 8. The quantitative estimate of drug-likeness (QED) is 0.0710. The molecule has 0 fully saturated rings. The molecule has 0 aliphatic carbocycles. The van der Waals surface area contributed by atoms with Crippen molar-refractivity contribution in [2.45, 2.75) is 28.5 Å². The zero-order chi connectivity index (χ0) is 61.6. The summed E-state index contributed by atoms with van der Waals surface area (Å²) >= 11 is 5.16. The van der Waals surface area contributed by atoms with E-state index in [1.807, 2.05) is 115 Å². The number of benzene rings is 8. The number of ether oxygens (including phenoxy) is 4. The third-order valence-corrected chi connectivity index (χ3v) is 15.9. The Balaban J connectivity index is 0.000000219. The van der Waals surface area contributed by atoms with Crippen molar-refractivity contribution in [3.63, 3.8) is 0 Å². The SMILES string of the molecule is COc1c[c-]c(-c2cc(-c3ccc(OC)cc3)ncn2)cc1.COc1cc[c-]c(-c2cc(-c3cccc(OC)c3)ncn2)c1.CSc1c[c-]c(-c2cc(-c3c(C)cccc3C)ncn2)cc1.CSc1cc[c-]c(-c2cc(-c3cccc(SC)c3)ncn2)c1.[Ir].[Ir].[Ir].[Ir]. The number of nitrogens with zero attached hydrogens (tertiary/aromatic N) is 8. The summed E-state index contributed by atoms with van der Waals surface area (Å²) in [4.78, 5) is 38.6. The summed E-state index contributed by atoms with van der Waals surface area (Å²) in [7, 11) is 6.57. The third-order valence-electron chi connectivity index (χ3n) is 13.7. The van der Waals surface area contributed by atoms with Crippen molar-refractivity contribution in [2.75, 3.05) is 47.2 Å². The summed E-state index contributed by atoms with van der Waals surface area (Å²) in [5.41, 5.74) is 17.5. The van der Waals surface area contributed by atoms with Crippen LogP contribution in [0.3, 0.4) is 0 Å². The molecule has 0 N–H and O–H groups in total. The molecule has 0 unspecified atom stereocenters. The molecule has 0 saturated carbocycles. The number of hydrogen-bond donors (Lipinski definition) is 0. The molecule has 12 aromatic rings. The van der Waals surface area contributed by atoms with Gasteiger partial charge >= 0.3 is 0 Å². The Morgan fingerprint density at radius 1 is 0.304 bits per heavy atom. The summed E-state index contributed by atoms with van der Waals surface area (Å²) in [6.45, 7) is 4.23. The maximum Gasteiger partial charge on any atom is 0.119 e. The molecular formula is C73H62Ir4N8O4S3-4. The Bertz CT molecular complexity index is 3890. The van der Waals surface area contributed by atoms with Crippen molar-refractivity contribution in [2.24, 2.45) is 0 Å². The molecule has 4 radical (unpaired) electrons. The molecule has 0 bridgehead atoms. The van der Waals surface area contributed by atoms with E-state index < -0.39 is 0 Å². The van der Waals surface area contributed by atoms with Crippen LogP contribution in [-0.4, -0.2) is 87.1 Å². The van der Waals surface area contributed by atoms with Crippen molar-refractivity contribution in [3.8, 4) is 113 Å². The summed E-state index contributed by atoms with van der Waals surface area (Å²) in [6, 6.07) is 74.5. The van der Waals surface area contributed by atoms with Crippen LogP contribution in [0.4, 0.5) is 0 Å². The molecule has 12 nitrogen and oxygen atoms in total. The van der Waals surface area contributed by atoms with Gasteiger partial charge in [0.05, 0.1) is 51.2 Å². The molecule has 4 heterocycles. The molecule has 0 spiro atoms. The second-order valence-corrected chi connectivity index (χ2v) is 21.8. The molecule has 0 aliphatic rings. The molecule has 19 heteroatoms. The summed E-state index contributed by atoms with van der Waals surface area (Å²) in [6.07, 6.45) is 12.6. The Morgan fingerprint density at radius 2 is 0.728 bits per heavy atom. The molecule has 92 heavy (non-hydrogen) atoms. The fourth-order valence-electron chi connectivity index (χ4n) is 9.01. The fraction of sp³-hybridized carbons (Fsp3) is 0.123. The van der Waals surface area contributed by atoms with Crippen LogP contribution in [0.1, 0.15) is 11.1 Å². The molecule has 4 aromatic heterocycles. The Morgan fingerprint density at radius 3 is 1.25 bits per heavy atom. The monoisotopic (exact) mass is 1980 g/mol. The van der Waals surface area contributed by atoms with E-state index in [1.54, 1.807) is 95.1 Å². The van der Waals surface area contributed by atoms with Gasteiger partial charge in [0.25, 0.3) is 0 Å². The second-order valence-electron chi connectivity index (χ2n) is 19.2. The average Bonchev–Trinajstić information content (AvgIpc) is 1.05. The fourth-order valence-corrected chi connectivity index (χ4v) is 10.3. The number of aryl methyl sites for hydroxylation is 2. The number of rotatable bonds is 15. The minimum absolute atomic E-state index is 0. The Hall–Kier alpha value is -7.07. The predicted molar refractivity (Wildman–Crippen MR) is 358 cm³/mol. The number of methoxy groups -OCH3 is 4. The van der Waals surface area contributed by atoms with Crippen LogP contribution in [0.15, 0.2) is 228 Å². The van der Waals surface area contributed by atoms with Crippen LogP contribution in [0.2, 0.25) is 0 Å². The van der Waals surface area contributed by atoms with Gasteiger partial charge in [-0.2, -0.15) is 11.8 Å². The summed E-state index contributed by atoms with van der Waals surface area (Å²) in [5.74, 6) is 3.16. The van der Waals surface area contributed by atoms with Crippen molar-refractivity contribution in [1.29, 1.82) is 0 Å². The van der Waals surface area contributed by atoms with Crippen molar-refractivity contribution in [3.05, 3.63) is 249 Å². The van der Waals surface area contributed by atoms with Crippen LogP contribution >= 0.6 is 35.3 Å². The Labute approximate surface area is 606 Å². The van der Waals surface area contributed by atoms with Gasteiger partial charge in [-0.3, -0.25) is 19.9 Å². The van der Waals surface area contributed by atoms with E-state index in [2.05, 4.69) is 163 Å². The smallest absolute Gasteiger partial charge is 0.119 e. The molecule has 0 amide bonds. The van der Waals surface area contributed by atoms with Gasteiger partial charge in [-0.25, -0.2) is 19.9 Å². The standard InChI is InChI=1S/C19H17N2S.2C18H15N2O2.C18H15N2S2.4Ir/c1-13-5-4-6-14(2)19(13)18-11-17(20-12-21-18)15-7-9-16(22-3)10-8-15;1-21-15-7-3-13(4-8-15)17-11-18(20-12-19-17)14-5-9-16(22-2)10-6-14;2*1-21-15-7-3-5-13(9-15)17-11-18(20-12-19-17)14-6-4-8-16(10-14)22-2;;;;/h4-7,9-12H,1-3H3;3*3-5,7-12H,1-2H3;;;;/q4*-1;;;;.